The number of cyclic esters (lactones) is 1. The van der Waals surface area contributed by atoms with Crippen molar-refractivity contribution in [1.82, 2.24) is 9.55 Å². The summed E-state index contributed by atoms with van der Waals surface area (Å²) in [7, 11) is 0. The maximum Gasteiger partial charge on any atom is 0.414 e. The smallest absolute Gasteiger partial charge is 0.414 e. The number of hydrogen-bond acceptors (Lipinski definition) is 3. The van der Waals surface area contributed by atoms with E-state index in [2.05, 4.69) is 4.98 Å². The third kappa shape index (κ3) is 4.34. The number of carbonyl (C=O) groups excluding carboxylic acids is 1. The summed E-state index contributed by atoms with van der Waals surface area (Å²) in [6.45, 7) is 10.4. The van der Waals surface area contributed by atoms with E-state index in [0.717, 1.165) is 6.42 Å². The van der Waals surface area contributed by atoms with E-state index >= 15 is 0 Å². The van der Waals surface area contributed by atoms with Crippen LogP contribution < -0.4 is 4.90 Å². The molecule has 0 spiro atoms. The van der Waals surface area contributed by atoms with Gasteiger partial charge >= 0.3 is 6.09 Å². The molecule has 1 amide bonds. The average Bonchev–Trinajstić information content (AvgIpc) is 3.28. The summed E-state index contributed by atoms with van der Waals surface area (Å²) in [6.07, 6.45) is 4.96. The molecule has 1 atom stereocenters. The number of halogens is 1. The Hall–Kier alpha value is -2.37. The van der Waals surface area contributed by atoms with Gasteiger partial charge in [0.1, 0.15) is 11.9 Å². The largest absolute Gasteiger partial charge is 0.444 e. The molecule has 24 heavy (non-hydrogen) atoms. The molecule has 1 aliphatic rings. The van der Waals surface area contributed by atoms with Crippen LogP contribution in [0.15, 0.2) is 36.9 Å². The van der Waals surface area contributed by atoms with E-state index in [0.29, 0.717) is 17.9 Å². The first-order chi connectivity index (χ1) is 11.7. The van der Waals surface area contributed by atoms with Gasteiger partial charge in [0, 0.05) is 12.4 Å². The number of anilines is 1. The number of benzene rings is 1. The van der Waals surface area contributed by atoms with E-state index in [1.54, 1.807) is 29.1 Å². The minimum absolute atomic E-state index is 0.126. The van der Waals surface area contributed by atoms with Crippen molar-refractivity contribution in [1.29, 1.82) is 0 Å². The van der Waals surface area contributed by atoms with Crippen LogP contribution in [-0.2, 0) is 4.74 Å². The predicted octanol–water partition coefficient (Wildman–Crippen LogP) is 4.80. The van der Waals surface area contributed by atoms with Gasteiger partial charge in [-0.3, -0.25) is 4.90 Å². The molecular formula is C18H26FN3O2. The van der Waals surface area contributed by atoms with Crippen molar-refractivity contribution in [2.24, 2.45) is 0 Å². The van der Waals surface area contributed by atoms with Crippen molar-refractivity contribution in [3.8, 4) is 5.69 Å². The van der Waals surface area contributed by atoms with Crippen molar-refractivity contribution < 1.29 is 13.9 Å². The molecule has 6 heteroatoms. The minimum atomic E-state index is -0.424. The van der Waals surface area contributed by atoms with Gasteiger partial charge in [-0.1, -0.05) is 34.6 Å². The average molecular weight is 335 g/mol. The van der Waals surface area contributed by atoms with Gasteiger partial charge in [-0.2, -0.15) is 0 Å². The maximum absolute atomic E-state index is 14.1. The monoisotopic (exact) mass is 335 g/mol. The lowest BCUT2D eigenvalue weighted by molar-refractivity contribution is 0.139. The van der Waals surface area contributed by atoms with E-state index in [1.165, 1.54) is 17.3 Å². The summed E-state index contributed by atoms with van der Waals surface area (Å²) in [4.78, 5) is 17.1. The van der Waals surface area contributed by atoms with E-state index in [-0.39, 0.29) is 6.10 Å². The minimum Gasteiger partial charge on any atom is -0.444 e. The Morgan fingerprint density at radius 3 is 2.50 bits per heavy atom. The number of ether oxygens (including phenoxy) is 1. The topological polar surface area (TPSA) is 47.4 Å². The lowest BCUT2D eigenvalue weighted by atomic mass is 10.2. The van der Waals surface area contributed by atoms with Crippen LogP contribution in [0.25, 0.3) is 5.69 Å². The van der Waals surface area contributed by atoms with E-state index in [9.17, 15) is 9.18 Å². The molecule has 0 radical (unpaired) electrons. The Morgan fingerprint density at radius 2 is 2.00 bits per heavy atom. The zero-order chi connectivity index (χ0) is 18.1. The standard InChI is InChI=1S/C14H14FN3O2.2C2H6/c1-2-11-8-18(14(19)20-11)10-3-4-13(12(15)7-10)17-6-5-16-9-17;2*1-2/h3-7,9,11H,2,8H2,1H3;2*1-2H3/t11-;;/m0../s1. The van der Waals surface area contributed by atoms with E-state index in [4.69, 9.17) is 4.74 Å². The Kier molecular flexibility index (Phi) is 7.95. The molecule has 0 aliphatic carbocycles. The highest BCUT2D eigenvalue weighted by atomic mass is 19.1. The highest BCUT2D eigenvalue weighted by molar-refractivity contribution is 5.89. The van der Waals surface area contributed by atoms with Crippen molar-refractivity contribution in [2.75, 3.05) is 11.4 Å². The summed E-state index contributed by atoms with van der Waals surface area (Å²) in [6, 6.07) is 4.67. The zero-order valence-corrected chi connectivity index (χ0v) is 15.0. The first kappa shape index (κ1) is 19.7. The fourth-order valence-electron chi connectivity index (χ4n) is 2.22. The van der Waals surface area contributed by atoms with Gasteiger partial charge in [-0.15, -0.1) is 0 Å². The van der Waals surface area contributed by atoms with Crippen molar-refractivity contribution >= 4 is 11.8 Å². The molecule has 1 aromatic heterocycles. The molecule has 132 valence electrons. The van der Waals surface area contributed by atoms with Gasteiger partial charge < -0.3 is 9.30 Å². The SMILES string of the molecule is CC.CC.CC[C@H]1CN(c2ccc(-n3ccnc3)c(F)c2)C(=O)O1. The lowest BCUT2D eigenvalue weighted by Gasteiger charge is -2.14. The molecule has 1 saturated heterocycles. The molecule has 0 saturated carbocycles. The second kappa shape index (κ2) is 9.70. The number of hydrogen-bond donors (Lipinski definition) is 0. The number of amides is 1. The van der Waals surface area contributed by atoms with Crippen LogP contribution in [0, 0.1) is 5.82 Å². The molecule has 0 N–H and O–H groups in total. The fraction of sp³-hybridized carbons (Fsp3) is 0.444. The van der Waals surface area contributed by atoms with Gasteiger partial charge in [0.25, 0.3) is 0 Å². The quantitative estimate of drug-likeness (QED) is 0.809. The van der Waals surface area contributed by atoms with E-state index in [1.807, 2.05) is 34.6 Å². The van der Waals surface area contributed by atoms with Crippen molar-refractivity contribution in [2.45, 2.75) is 47.1 Å². The summed E-state index contributed by atoms with van der Waals surface area (Å²) in [5, 5.41) is 0. The van der Waals surface area contributed by atoms with Crippen LogP contribution in [0.1, 0.15) is 41.0 Å². The Bertz CT molecular complexity index is 629. The van der Waals surface area contributed by atoms with Crippen molar-refractivity contribution in [3.05, 3.63) is 42.7 Å². The highest BCUT2D eigenvalue weighted by Crippen LogP contribution is 2.26. The van der Waals surface area contributed by atoms with Gasteiger partial charge in [-0.05, 0) is 24.6 Å². The first-order valence-corrected chi connectivity index (χ1v) is 8.45. The fourth-order valence-corrected chi connectivity index (χ4v) is 2.22. The first-order valence-electron chi connectivity index (χ1n) is 8.45. The molecular weight excluding hydrogens is 309 g/mol. The number of rotatable bonds is 3. The zero-order valence-electron chi connectivity index (χ0n) is 15.0. The molecule has 0 unspecified atom stereocenters. The molecule has 5 nitrogen and oxygen atoms in total. The number of aromatic nitrogens is 2. The third-order valence-electron chi connectivity index (χ3n) is 3.35. The predicted molar refractivity (Wildman–Crippen MR) is 94.1 cm³/mol. The van der Waals surface area contributed by atoms with Crippen LogP contribution in [0.5, 0.6) is 0 Å². The normalized spacial score (nSPS) is 15.8. The molecule has 3 rings (SSSR count). The maximum atomic E-state index is 14.1. The van der Waals surface area contributed by atoms with Crippen LogP contribution in [0.2, 0.25) is 0 Å². The summed E-state index contributed by atoms with van der Waals surface area (Å²) in [5.41, 5.74) is 0.901. The number of carbonyl (C=O) groups is 1. The molecule has 0 bridgehead atoms. The van der Waals surface area contributed by atoms with Crippen LogP contribution in [0.4, 0.5) is 14.9 Å². The van der Waals surface area contributed by atoms with Crippen LogP contribution in [0.3, 0.4) is 0 Å². The van der Waals surface area contributed by atoms with Gasteiger partial charge in [0.2, 0.25) is 0 Å². The van der Waals surface area contributed by atoms with Crippen LogP contribution >= 0.6 is 0 Å². The Balaban J connectivity index is 0.000000671. The highest BCUT2D eigenvalue weighted by Gasteiger charge is 2.31. The molecule has 1 aliphatic heterocycles. The second-order valence-electron chi connectivity index (χ2n) is 4.63. The lowest BCUT2D eigenvalue weighted by Crippen LogP contribution is -2.24. The Morgan fingerprint density at radius 1 is 1.29 bits per heavy atom. The molecule has 2 aromatic rings. The summed E-state index contributed by atoms with van der Waals surface area (Å²) in [5.74, 6) is -0.409. The van der Waals surface area contributed by atoms with E-state index < -0.39 is 11.9 Å². The van der Waals surface area contributed by atoms with Gasteiger partial charge in [0.15, 0.2) is 0 Å². The van der Waals surface area contributed by atoms with Gasteiger partial charge in [-0.25, -0.2) is 14.2 Å². The summed E-state index contributed by atoms with van der Waals surface area (Å²) < 4.78 is 20.9. The molecule has 1 fully saturated rings. The van der Waals surface area contributed by atoms with Crippen molar-refractivity contribution in [3.63, 3.8) is 0 Å². The number of nitrogens with zero attached hydrogens (tertiary/aromatic N) is 3. The molecule has 2 heterocycles. The number of imidazole rings is 1. The van der Waals surface area contributed by atoms with Crippen LogP contribution in [-0.4, -0.2) is 28.3 Å². The molecule has 1 aromatic carbocycles. The third-order valence-corrected chi connectivity index (χ3v) is 3.35. The van der Waals surface area contributed by atoms with Gasteiger partial charge in [0.05, 0.1) is 24.2 Å². The second-order valence-corrected chi connectivity index (χ2v) is 4.63. The summed E-state index contributed by atoms with van der Waals surface area (Å²) >= 11 is 0. The Labute approximate surface area is 143 Å².